The minimum absolute atomic E-state index is 0.284. The lowest BCUT2D eigenvalue weighted by Gasteiger charge is -2.09. The molecule has 0 saturated carbocycles. The smallest absolute Gasteiger partial charge is 0.114 e. The van der Waals surface area contributed by atoms with E-state index >= 15 is 0 Å². The first kappa shape index (κ1) is 6.54. The zero-order valence-electron chi connectivity index (χ0n) is 5.43. The third-order valence-electron chi connectivity index (χ3n) is 2.00. The first-order valence-corrected chi connectivity index (χ1v) is 3.38. The predicted molar refractivity (Wildman–Crippen MR) is 31.5 cm³/mol. The highest BCUT2D eigenvalue weighted by atomic mass is 16.6. The fourth-order valence-electron chi connectivity index (χ4n) is 1.46. The highest BCUT2D eigenvalue weighted by molar-refractivity contribution is 4.93. The van der Waals surface area contributed by atoms with Gasteiger partial charge in [-0.2, -0.15) is 0 Å². The summed E-state index contributed by atoms with van der Waals surface area (Å²) in [4.78, 5) is 0. The number of hydrogen-bond donors (Lipinski definition) is 2. The lowest BCUT2D eigenvalue weighted by atomic mass is 10.1. The highest BCUT2D eigenvalue weighted by Gasteiger charge is 2.46. The van der Waals surface area contributed by atoms with Crippen molar-refractivity contribution < 1.29 is 19.7 Å². The molecule has 0 spiro atoms. The Morgan fingerprint density at radius 3 is 1.70 bits per heavy atom. The molecule has 2 heterocycles. The topological polar surface area (TPSA) is 58.9 Å². The molecular weight excluding hydrogens is 136 g/mol. The van der Waals surface area contributed by atoms with E-state index < -0.39 is 12.2 Å². The highest BCUT2D eigenvalue weighted by Crippen LogP contribution is 2.26. The van der Waals surface area contributed by atoms with Crippen LogP contribution in [-0.4, -0.2) is 47.8 Å². The molecule has 2 fully saturated rings. The number of hydrogen-bond acceptors (Lipinski definition) is 4. The minimum Gasteiger partial charge on any atom is -0.388 e. The molecular formula is C6H10O4. The van der Waals surface area contributed by atoms with Gasteiger partial charge in [0.05, 0.1) is 13.2 Å². The van der Waals surface area contributed by atoms with Gasteiger partial charge in [0.25, 0.3) is 0 Å². The van der Waals surface area contributed by atoms with Crippen LogP contribution in [0, 0.1) is 0 Å². The van der Waals surface area contributed by atoms with Gasteiger partial charge >= 0.3 is 0 Å². The average molecular weight is 146 g/mol. The van der Waals surface area contributed by atoms with Crippen molar-refractivity contribution in [2.75, 3.05) is 13.2 Å². The molecule has 58 valence electrons. The summed E-state index contributed by atoms with van der Waals surface area (Å²) in [5.74, 6) is 0. The van der Waals surface area contributed by atoms with Crippen LogP contribution in [0.25, 0.3) is 0 Å². The van der Waals surface area contributed by atoms with Crippen molar-refractivity contribution in [1.29, 1.82) is 0 Å². The fourth-order valence-corrected chi connectivity index (χ4v) is 1.46. The molecule has 4 heteroatoms. The second kappa shape index (κ2) is 2.17. The Kier molecular flexibility index (Phi) is 1.42. The second-order valence-electron chi connectivity index (χ2n) is 2.73. The van der Waals surface area contributed by atoms with Gasteiger partial charge in [-0.25, -0.2) is 0 Å². The van der Waals surface area contributed by atoms with Gasteiger partial charge in [-0.05, 0) is 0 Å². The summed E-state index contributed by atoms with van der Waals surface area (Å²) in [7, 11) is 0. The number of fused-ring (bicyclic) bond motifs is 1. The molecule has 0 aliphatic carbocycles. The van der Waals surface area contributed by atoms with Crippen molar-refractivity contribution in [3.8, 4) is 0 Å². The Morgan fingerprint density at radius 1 is 0.900 bits per heavy atom. The average Bonchev–Trinajstić information content (AvgIpc) is 2.41. The molecule has 0 aromatic rings. The molecule has 2 aliphatic heterocycles. The molecule has 2 aliphatic rings. The molecule has 10 heavy (non-hydrogen) atoms. The summed E-state index contributed by atoms with van der Waals surface area (Å²) in [5.41, 5.74) is 0. The summed E-state index contributed by atoms with van der Waals surface area (Å²) in [6.07, 6.45) is -1.70. The molecule has 4 nitrogen and oxygen atoms in total. The van der Waals surface area contributed by atoms with E-state index in [0.717, 1.165) is 0 Å². The molecule has 2 N–H and O–H groups in total. The van der Waals surface area contributed by atoms with E-state index in [-0.39, 0.29) is 25.4 Å². The standard InChI is InChI=1S/C6H10O4/c7-3-1-9-6-4(8)2-10-5(3)6/h3-8H,1-2H2/t3?,4?,5-,6+. The molecule has 0 aromatic heterocycles. The Balaban J connectivity index is 2.09. The Morgan fingerprint density at radius 2 is 1.30 bits per heavy atom. The summed E-state index contributed by atoms with van der Waals surface area (Å²) in [6.45, 7) is 0.568. The van der Waals surface area contributed by atoms with Crippen LogP contribution >= 0.6 is 0 Å². The van der Waals surface area contributed by atoms with Gasteiger partial charge in [0, 0.05) is 0 Å². The number of aliphatic hydroxyl groups excluding tert-OH is 2. The summed E-state index contributed by atoms with van der Waals surface area (Å²) < 4.78 is 10.2. The molecule has 0 aromatic carbocycles. The summed E-state index contributed by atoms with van der Waals surface area (Å²) in [6, 6.07) is 0. The monoisotopic (exact) mass is 146 g/mol. The summed E-state index contributed by atoms with van der Waals surface area (Å²) >= 11 is 0. The zero-order chi connectivity index (χ0) is 7.14. The molecule has 0 bridgehead atoms. The van der Waals surface area contributed by atoms with Gasteiger partial charge in [0.15, 0.2) is 0 Å². The van der Waals surface area contributed by atoms with Crippen LogP contribution < -0.4 is 0 Å². The third-order valence-corrected chi connectivity index (χ3v) is 2.00. The molecule has 2 unspecified atom stereocenters. The van der Waals surface area contributed by atoms with Crippen LogP contribution in [0.15, 0.2) is 0 Å². The maximum Gasteiger partial charge on any atom is 0.114 e. The van der Waals surface area contributed by atoms with Gasteiger partial charge < -0.3 is 19.7 Å². The number of rotatable bonds is 0. The van der Waals surface area contributed by atoms with E-state index in [1.807, 2.05) is 0 Å². The van der Waals surface area contributed by atoms with Crippen LogP contribution in [0.5, 0.6) is 0 Å². The van der Waals surface area contributed by atoms with Gasteiger partial charge in [-0.1, -0.05) is 0 Å². The number of aliphatic hydroxyl groups is 2. The van der Waals surface area contributed by atoms with Crippen LogP contribution in [0.2, 0.25) is 0 Å². The third kappa shape index (κ3) is 0.769. The largest absolute Gasteiger partial charge is 0.388 e. The maximum absolute atomic E-state index is 9.16. The first-order chi connectivity index (χ1) is 4.79. The van der Waals surface area contributed by atoms with Crippen molar-refractivity contribution in [2.45, 2.75) is 24.4 Å². The van der Waals surface area contributed by atoms with E-state index in [0.29, 0.717) is 0 Å². The molecule has 2 rings (SSSR count). The van der Waals surface area contributed by atoms with Crippen molar-refractivity contribution >= 4 is 0 Å². The van der Waals surface area contributed by atoms with Crippen molar-refractivity contribution in [1.82, 2.24) is 0 Å². The number of ether oxygens (including phenoxy) is 2. The SMILES string of the molecule is OC1CO[C@H]2C(O)CO[C@H]12. The van der Waals surface area contributed by atoms with Crippen LogP contribution in [0.4, 0.5) is 0 Å². The molecule has 2 saturated heterocycles. The zero-order valence-corrected chi connectivity index (χ0v) is 5.43. The Hall–Kier alpha value is -0.160. The van der Waals surface area contributed by atoms with E-state index in [1.165, 1.54) is 0 Å². The molecule has 4 atom stereocenters. The summed E-state index contributed by atoms with van der Waals surface area (Å²) in [5, 5.41) is 18.3. The fraction of sp³-hybridized carbons (Fsp3) is 1.00. The van der Waals surface area contributed by atoms with Gasteiger partial charge in [-0.15, -0.1) is 0 Å². The Bertz CT molecular complexity index is 122. The van der Waals surface area contributed by atoms with Crippen LogP contribution in [0.1, 0.15) is 0 Å². The minimum atomic E-state index is -0.554. The van der Waals surface area contributed by atoms with Crippen LogP contribution in [0.3, 0.4) is 0 Å². The Labute approximate surface area is 58.4 Å². The van der Waals surface area contributed by atoms with E-state index in [2.05, 4.69) is 0 Å². The van der Waals surface area contributed by atoms with Crippen LogP contribution in [-0.2, 0) is 9.47 Å². The van der Waals surface area contributed by atoms with Crippen molar-refractivity contribution in [2.24, 2.45) is 0 Å². The predicted octanol–water partition coefficient (Wildman–Crippen LogP) is -1.49. The van der Waals surface area contributed by atoms with E-state index in [9.17, 15) is 0 Å². The maximum atomic E-state index is 9.16. The lowest BCUT2D eigenvalue weighted by molar-refractivity contribution is 0.00205. The van der Waals surface area contributed by atoms with Crippen molar-refractivity contribution in [3.63, 3.8) is 0 Å². The van der Waals surface area contributed by atoms with Gasteiger partial charge in [0.2, 0.25) is 0 Å². The van der Waals surface area contributed by atoms with E-state index in [1.54, 1.807) is 0 Å². The normalized spacial score (nSPS) is 53.4. The quantitative estimate of drug-likeness (QED) is 0.437. The van der Waals surface area contributed by atoms with E-state index in [4.69, 9.17) is 19.7 Å². The van der Waals surface area contributed by atoms with Gasteiger partial charge in [-0.3, -0.25) is 0 Å². The van der Waals surface area contributed by atoms with Crippen molar-refractivity contribution in [3.05, 3.63) is 0 Å². The first-order valence-electron chi connectivity index (χ1n) is 3.38. The molecule has 0 amide bonds. The van der Waals surface area contributed by atoms with Gasteiger partial charge in [0.1, 0.15) is 24.4 Å². The lowest BCUT2D eigenvalue weighted by Crippen LogP contribution is -2.30. The second-order valence-corrected chi connectivity index (χ2v) is 2.73. The molecule has 0 radical (unpaired) electrons.